The summed E-state index contributed by atoms with van der Waals surface area (Å²) in [5, 5.41) is 0. The van der Waals surface area contributed by atoms with Crippen LogP contribution in [0, 0.1) is 12.3 Å². The van der Waals surface area contributed by atoms with Crippen molar-refractivity contribution in [2.45, 2.75) is 45.1 Å². The molecule has 5 heteroatoms. The van der Waals surface area contributed by atoms with Gasteiger partial charge in [-0.25, -0.2) is 4.98 Å². The van der Waals surface area contributed by atoms with Gasteiger partial charge in [0, 0.05) is 32.5 Å². The van der Waals surface area contributed by atoms with Crippen LogP contribution in [0.25, 0.3) is 0 Å². The molecule has 1 amide bonds. The van der Waals surface area contributed by atoms with Crippen LogP contribution in [-0.2, 0) is 11.3 Å². The third kappa shape index (κ3) is 4.00. The van der Waals surface area contributed by atoms with Gasteiger partial charge in [-0.1, -0.05) is 30.3 Å². The van der Waals surface area contributed by atoms with Gasteiger partial charge in [-0.3, -0.25) is 4.79 Å². The van der Waals surface area contributed by atoms with Crippen LogP contribution >= 0.6 is 0 Å². The smallest absolute Gasteiger partial charge is 0.229 e. The number of piperidine rings is 2. The number of benzene rings is 1. The van der Waals surface area contributed by atoms with Crippen LogP contribution in [0.5, 0.6) is 0 Å². The highest BCUT2D eigenvalue weighted by Crippen LogP contribution is 2.45. The zero-order valence-electron chi connectivity index (χ0n) is 17.2. The summed E-state index contributed by atoms with van der Waals surface area (Å²) in [6.07, 6.45) is 8.50. The molecule has 1 aromatic heterocycles. The maximum atomic E-state index is 12.8. The third-order valence-corrected chi connectivity index (χ3v) is 6.80. The zero-order valence-corrected chi connectivity index (χ0v) is 17.2. The van der Waals surface area contributed by atoms with E-state index < -0.39 is 0 Å². The standard InChI is InChI=1S/C23H32N4O/c1-19-24-11-16-27(19)13-6-12-26-14-9-23(10-15-26)17-21(22(28)25(2)18-23)20-7-4-3-5-8-20/h3-5,7-8,11,16,21H,6,9-10,12-15,17-18H2,1-2H3. The molecule has 3 heterocycles. The molecule has 0 aliphatic carbocycles. The average Bonchev–Trinajstić information content (AvgIpc) is 3.12. The zero-order chi connectivity index (χ0) is 19.6. The van der Waals surface area contributed by atoms with Gasteiger partial charge in [0.1, 0.15) is 5.82 Å². The van der Waals surface area contributed by atoms with Crippen molar-refractivity contribution in [2.24, 2.45) is 5.41 Å². The summed E-state index contributed by atoms with van der Waals surface area (Å²) in [7, 11) is 1.99. The minimum Gasteiger partial charge on any atom is -0.345 e. The van der Waals surface area contributed by atoms with Crippen molar-refractivity contribution in [1.29, 1.82) is 0 Å². The van der Waals surface area contributed by atoms with Gasteiger partial charge in [0.05, 0.1) is 5.92 Å². The number of nitrogens with zero attached hydrogens (tertiary/aromatic N) is 4. The van der Waals surface area contributed by atoms with Crippen LogP contribution in [0.1, 0.15) is 43.0 Å². The summed E-state index contributed by atoms with van der Waals surface area (Å²) < 4.78 is 2.23. The number of likely N-dealkylation sites (tertiary alicyclic amines) is 2. The monoisotopic (exact) mass is 380 g/mol. The minimum atomic E-state index is 0.0238. The van der Waals surface area contributed by atoms with Crippen LogP contribution in [0.3, 0.4) is 0 Å². The maximum absolute atomic E-state index is 12.8. The van der Waals surface area contributed by atoms with E-state index in [0.717, 1.165) is 51.4 Å². The van der Waals surface area contributed by atoms with E-state index in [0.29, 0.717) is 0 Å². The maximum Gasteiger partial charge on any atom is 0.229 e. The molecule has 1 spiro atoms. The molecule has 0 radical (unpaired) electrons. The number of carbonyl (C=O) groups is 1. The van der Waals surface area contributed by atoms with Crippen molar-refractivity contribution < 1.29 is 4.79 Å². The fourth-order valence-electron chi connectivity index (χ4n) is 5.10. The van der Waals surface area contributed by atoms with E-state index in [1.54, 1.807) is 0 Å². The average molecular weight is 381 g/mol. The molecule has 2 aliphatic rings. The Morgan fingerprint density at radius 3 is 2.57 bits per heavy atom. The van der Waals surface area contributed by atoms with Gasteiger partial charge in [0.15, 0.2) is 0 Å². The number of aromatic nitrogens is 2. The second-order valence-electron chi connectivity index (χ2n) is 8.72. The Hall–Kier alpha value is -2.14. The highest BCUT2D eigenvalue weighted by Gasteiger charge is 2.44. The SMILES string of the molecule is Cc1nccn1CCCN1CCC2(CC1)CC(c1ccccc1)C(=O)N(C)C2. The van der Waals surface area contributed by atoms with Crippen LogP contribution in [0.4, 0.5) is 0 Å². The normalized spacial score (nSPS) is 22.7. The summed E-state index contributed by atoms with van der Waals surface area (Å²) in [4.78, 5) is 21.7. The van der Waals surface area contributed by atoms with E-state index >= 15 is 0 Å². The molecular formula is C23H32N4O. The number of hydrogen-bond donors (Lipinski definition) is 0. The molecule has 1 atom stereocenters. The topological polar surface area (TPSA) is 41.4 Å². The Morgan fingerprint density at radius 2 is 1.89 bits per heavy atom. The third-order valence-electron chi connectivity index (χ3n) is 6.80. The largest absolute Gasteiger partial charge is 0.345 e. The first-order valence-electron chi connectivity index (χ1n) is 10.6. The molecule has 4 rings (SSSR count). The Bertz CT molecular complexity index is 792. The number of aryl methyl sites for hydroxylation is 2. The molecule has 0 saturated carbocycles. The lowest BCUT2D eigenvalue weighted by Crippen LogP contribution is -2.52. The highest BCUT2D eigenvalue weighted by atomic mass is 16.2. The molecule has 2 aromatic rings. The number of amides is 1. The van der Waals surface area contributed by atoms with Crippen molar-refractivity contribution in [3.63, 3.8) is 0 Å². The number of hydrogen-bond acceptors (Lipinski definition) is 3. The Balaban J connectivity index is 1.33. The number of carbonyl (C=O) groups excluding carboxylic acids is 1. The predicted molar refractivity (Wildman–Crippen MR) is 111 cm³/mol. The number of rotatable bonds is 5. The second kappa shape index (κ2) is 8.08. The van der Waals surface area contributed by atoms with Crippen molar-refractivity contribution in [3.8, 4) is 0 Å². The molecule has 0 N–H and O–H groups in total. The van der Waals surface area contributed by atoms with Crippen molar-refractivity contribution in [1.82, 2.24) is 19.4 Å². The van der Waals surface area contributed by atoms with E-state index in [-0.39, 0.29) is 17.2 Å². The summed E-state index contributed by atoms with van der Waals surface area (Å²) in [6, 6.07) is 10.4. The van der Waals surface area contributed by atoms with E-state index in [1.165, 1.54) is 18.4 Å². The lowest BCUT2D eigenvalue weighted by atomic mass is 9.67. The molecule has 2 aliphatic heterocycles. The van der Waals surface area contributed by atoms with E-state index in [2.05, 4.69) is 51.8 Å². The van der Waals surface area contributed by atoms with Crippen molar-refractivity contribution >= 4 is 5.91 Å². The lowest BCUT2D eigenvalue weighted by molar-refractivity contribution is -0.139. The van der Waals surface area contributed by atoms with Gasteiger partial charge in [-0.15, -0.1) is 0 Å². The second-order valence-corrected chi connectivity index (χ2v) is 8.72. The van der Waals surface area contributed by atoms with Crippen molar-refractivity contribution in [2.75, 3.05) is 33.2 Å². The summed E-state index contributed by atoms with van der Waals surface area (Å²) in [5.74, 6) is 1.41. The number of imidazole rings is 1. The van der Waals surface area contributed by atoms with Crippen LogP contribution in [0.2, 0.25) is 0 Å². The molecule has 1 aromatic carbocycles. The number of likely N-dealkylation sites (N-methyl/N-ethyl adjacent to an activating group) is 1. The van der Waals surface area contributed by atoms with E-state index in [4.69, 9.17) is 0 Å². The van der Waals surface area contributed by atoms with Gasteiger partial charge >= 0.3 is 0 Å². The fraction of sp³-hybridized carbons (Fsp3) is 0.565. The van der Waals surface area contributed by atoms with Crippen LogP contribution < -0.4 is 0 Å². The fourth-order valence-corrected chi connectivity index (χ4v) is 5.10. The van der Waals surface area contributed by atoms with Crippen molar-refractivity contribution in [3.05, 3.63) is 54.1 Å². The first-order valence-corrected chi connectivity index (χ1v) is 10.6. The van der Waals surface area contributed by atoms with E-state index in [1.807, 2.05) is 24.2 Å². The Kier molecular flexibility index (Phi) is 5.54. The Labute approximate surface area is 168 Å². The first kappa shape index (κ1) is 19.2. The van der Waals surface area contributed by atoms with Gasteiger partial charge in [-0.05, 0) is 63.2 Å². The van der Waals surface area contributed by atoms with Gasteiger partial charge in [-0.2, -0.15) is 0 Å². The predicted octanol–water partition coefficient (Wildman–Crippen LogP) is 3.31. The molecule has 1 unspecified atom stereocenters. The first-order chi connectivity index (χ1) is 13.6. The van der Waals surface area contributed by atoms with Gasteiger partial charge in [0.25, 0.3) is 0 Å². The summed E-state index contributed by atoms with van der Waals surface area (Å²) in [5.41, 5.74) is 1.46. The molecule has 0 bridgehead atoms. The highest BCUT2D eigenvalue weighted by molar-refractivity contribution is 5.84. The van der Waals surface area contributed by atoms with Crippen LogP contribution in [-0.4, -0.2) is 58.5 Å². The lowest BCUT2D eigenvalue weighted by Gasteiger charge is -2.49. The van der Waals surface area contributed by atoms with E-state index in [9.17, 15) is 4.79 Å². The van der Waals surface area contributed by atoms with Crippen LogP contribution in [0.15, 0.2) is 42.7 Å². The molecular weight excluding hydrogens is 348 g/mol. The molecule has 150 valence electrons. The molecule has 2 fully saturated rings. The Morgan fingerprint density at radius 1 is 1.14 bits per heavy atom. The summed E-state index contributed by atoms with van der Waals surface area (Å²) in [6.45, 7) is 7.45. The molecule has 28 heavy (non-hydrogen) atoms. The summed E-state index contributed by atoms with van der Waals surface area (Å²) >= 11 is 0. The molecule has 5 nitrogen and oxygen atoms in total. The quantitative estimate of drug-likeness (QED) is 0.799. The van der Waals surface area contributed by atoms with Gasteiger partial charge in [0.2, 0.25) is 5.91 Å². The minimum absolute atomic E-state index is 0.0238. The van der Waals surface area contributed by atoms with Gasteiger partial charge < -0.3 is 14.4 Å². The molecule has 2 saturated heterocycles.